The lowest BCUT2D eigenvalue weighted by atomic mass is 10.0. The first-order valence-electron chi connectivity index (χ1n) is 11.6. The summed E-state index contributed by atoms with van der Waals surface area (Å²) in [5.74, 6) is -0.757. The number of amidine groups is 1. The van der Waals surface area contributed by atoms with E-state index in [0.717, 1.165) is 4.68 Å². The number of methoxy groups -OCH3 is 1. The molecule has 14 heteroatoms. The van der Waals surface area contributed by atoms with E-state index >= 15 is 4.39 Å². The number of carbonyl (C=O) groups excluding carboxylic acids is 1. The number of likely N-dealkylation sites (N-methyl/N-ethyl adjacent to an activating group) is 1. The number of carbonyl (C=O) groups is 1. The fourth-order valence-electron chi connectivity index (χ4n) is 3.54. The Morgan fingerprint density at radius 2 is 2.00 bits per heavy atom. The predicted molar refractivity (Wildman–Crippen MR) is 139 cm³/mol. The number of amides is 1. The number of aromatic nitrogens is 5. The van der Waals surface area contributed by atoms with Gasteiger partial charge in [-0.3, -0.25) is 25.9 Å². The number of hydrogen-bond acceptors (Lipinski definition) is 8. The Bertz CT molecular complexity index is 1540. The summed E-state index contributed by atoms with van der Waals surface area (Å²) in [7, 11) is 4.53. The molecule has 2 heterocycles. The van der Waals surface area contributed by atoms with Gasteiger partial charge >= 0.3 is 5.69 Å². The van der Waals surface area contributed by atoms with Gasteiger partial charge in [-0.05, 0) is 30.3 Å². The van der Waals surface area contributed by atoms with Crippen LogP contribution in [-0.2, 0) is 4.79 Å². The minimum atomic E-state index is -1.05. The Balaban J connectivity index is 1.82. The summed E-state index contributed by atoms with van der Waals surface area (Å²) in [5.41, 5.74) is 6.21. The molecule has 0 spiro atoms. The minimum Gasteiger partial charge on any atom is -0.497 e. The number of H-pyrrole nitrogens is 1. The fourth-order valence-corrected chi connectivity index (χ4v) is 3.54. The minimum absolute atomic E-state index is 0.0238. The second-order valence-corrected chi connectivity index (χ2v) is 8.51. The molecule has 0 aliphatic carbocycles. The van der Waals surface area contributed by atoms with E-state index < -0.39 is 24.2 Å². The summed E-state index contributed by atoms with van der Waals surface area (Å²) in [6, 6.07) is 8.44. The first kappa shape index (κ1) is 26.8. The van der Waals surface area contributed by atoms with Crippen molar-refractivity contribution in [1.82, 2.24) is 29.6 Å². The summed E-state index contributed by atoms with van der Waals surface area (Å²) in [6.07, 6.45) is 4.23. The zero-order valence-corrected chi connectivity index (χ0v) is 21.4. The molecular weight excluding hydrogens is 509 g/mol. The zero-order chi connectivity index (χ0) is 28.1. The maximum atomic E-state index is 15.9. The van der Waals surface area contributed by atoms with E-state index in [2.05, 4.69) is 25.4 Å². The molecule has 0 aliphatic heterocycles. The number of rotatable bonds is 10. The van der Waals surface area contributed by atoms with Crippen molar-refractivity contribution in [1.29, 1.82) is 0 Å². The lowest BCUT2D eigenvalue weighted by Gasteiger charge is -2.21. The van der Waals surface area contributed by atoms with E-state index in [1.807, 2.05) is 0 Å². The molecule has 13 nitrogen and oxygen atoms in total. The predicted octanol–water partition coefficient (Wildman–Crippen LogP) is -0.369. The van der Waals surface area contributed by atoms with Crippen molar-refractivity contribution in [2.45, 2.75) is 6.04 Å². The van der Waals surface area contributed by atoms with Gasteiger partial charge in [0.15, 0.2) is 29.8 Å². The van der Waals surface area contributed by atoms with E-state index in [1.54, 1.807) is 38.4 Å². The van der Waals surface area contributed by atoms with Crippen molar-refractivity contribution in [3.8, 4) is 17.3 Å². The summed E-state index contributed by atoms with van der Waals surface area (Å²) in [4.78, 5) is 36.9. The van der Waals surface area contributed by atoms with Gasteiger partial charge in [0.1, 0.15) is 11.8 Å². The topological polar surface area (TPSA) is 179 Å². The SMILES string of the molecule is COc1cc(OCC(=O)N(C)C)c(F)c(C(Nc2ccc(C(N)=[NH2+])cc2)c2nn(-c3cnccn3)c(=O)[nH]2)c1. The summed E-state index contributed by atoms with van der Waals surface area (Å²) in [5, 5.41) is 13.2. The Morgan fingerprint density at radius 3 is 2.62 bits per heavy atom. The molecule has 39 heavy (non-hydrogen) atoms. The van der Waals surface area contributed by atoms with E-state index in [-0.39, 0.29) is 40.4 Å². The molecule has 0 saturated carbocycles. The average Bonchev–Trinajstić information content (AvgIpc) is 3.32. The second-order valence-electron chi connectivity index (χ2n) is 8.51. The van der Waals surface area contributed by atoms with Crippen LogP contribution < -0.4 is 31.6 Å². The molecule has 202 valence electrons. The van der Waals surface area contributed by atoms with Gasteiger partial charge in [-0.1, -0.05) is 0 Å². The zero-order valence-electron chi connectivity index (χ0n) is 21.4. The molecule has 0 fully saturated rings. The monoisotopic (exact) mass is 536 g/mol. The molecule has 0 bridgehead atoms. The third-order valence-electron chi connectivity index (χ3n) is 5.64. The number of hydrogen-bond donors (Lipinski definition) is 4. The van der Waals surface area contributed by atoms with Gasteiger partial charge in [-0.25, -0.2) is 14.2 Å². The Labute approximate surface area is 221 Å². The molecule has 2 aromatic heterocycles. The van der Waals surface area contributed by atoms with Crippen molar-refractivity contribution in [3.63, 3.8) is 0 Å². The Hall–Kier alpha value is -5.27. The standard InChI is InChI=1S/C25H26FN9O4/c1-34(2)20(36)13-39-18-11-16(38-3)10-17(21(18)26)22(31-15-6-4-14(5-7-15)23(27)28)24-32-25(37)35(33-24)19-12-29-8-9-30-19/h4-12,22,31H,13H2,1-3H3,(H3,27,28)(H,32,33,37)/p+1. The van der Waals surface area contributed by atoms with E-state index in [9.17, 15) is 9.59 Å². The molecule has 1 atom stereocenters. The maximum Gasteiger partial charge on any atom is 0.349 e. The molecule has 0 aliphatic rings. The van der Waals surface area contributed by atoms with Gasteiger partial charge in [0.25, 0.3) is 11.7 Å². The van der Waals surface area contributed by atoms with Crippen LogP contribution in [0, 0.1) is 5.82 Å². The van der Waals surface area contributed by atoms with Crippen molar-refractivity contribution in [2.75, 3.05) is 33.1 Å². The maximum absolute atomic E-state index is 15.9. The summed E-state index contributed by atoms with van der Waals surface area (Å²) >= 11 is 0. The molecule has 0 saturated heterocycles. The number of aromatic amines is 1. The highest BCUT2D eigenvalue weighted by molar-refractivity contribution is 5.92. The van der Waals surface area contributed by atoms with Crippen LogP contribution in [0.5, 0.6) is 11.5 Å². The van der Waals surface area contributed by atoms with Crippen molar-refractivity contribution < 1.29 is 24.1 Å². The summed E-state index contributed by atoms with van der Waals surface area (Å²) in [6.45, 7) is -0.398. The van der Waals surface area contributed by atoms with E-state index in [0.29, 0.717) is 11.3 Å². The smallest absolute Gasteiger partial charge is 0.349 e. The van der Waals surface area contributed by atoms with Crippen LogP contribution in [0.4, 0.5) is 10.1 Å². The lowest BCUT2D eigenvalue weighted by molar-refractivity contribution is -0.130. The fraction of sp³-hybridized carbons (Fsp3) is 0.200. The summed E-state index contributed by atoms with van der Waals surface area (Å²) < 4.78 is 27.8. The third kappa shape index (κ3) is 6.01. The van der Waals surface area contributed by atoms with Gasteiger partial charge in [0, 0.05) is 43.8 Å². The quantitative estimate of drug-likeness (QED) is 0.155. The van der Waals surface area contributed by atoms with Gasteiger partial charge in [-0.15, -0.1) is 5.10 Å². The number of halogens is 1. The van der Waals surface area contributed by atoms with Crippen LogP contribution in [0.15, 0.2) is 59.8 Å². The molecule has 4 rings (SSSR count). The number of benzene rings is 2. The molecule has 1 amide bonds. The molecule has 4 aromatic rings. The van der Waals surface area contributed by atoms with Crippen LogP contribution in [-0.4, -0.2) is 69.2 Å². The highest BCUT2D eigenvalue weighted by Crippen LogP contribution is 2.35. The van der Waals surface area contributed by atoms with Crippen molar-refractivity contribution in [2.24, 2.45) is 5.73 Å². The molecule has 6 N–H and O–H groups in total. The Morgan fingerprint density at radius 1 is 1.26 bits per heavy atom. The van der Waals surface area contributed by atoms with Gasteiger partial charge in [0.2, 0.25) is 0 Å². The molecule has 1 unspecified atom stereocenters. The van der Waals surface area contributed by atoms with E-state index in [4.69, 9.17) is 20.6 Å². The van der Waals surface area contributed by atoms with Crippen LogP contribution in [0.2, 0.25) is 0 Å². The Kier molecular flexibility index (Phi) is 7.84. The molecule has 0 radical (unpaired) electrons. The largest absolute Gasteiger partial charge is 0.497 e. The average molecular weight is 537 g/mol. The molecule has 2 aromatic carbocycles. The normalized spacial score (nSPS) is 11.5. The third-order valence-corrected chi connectivity index (χ3v) is 5.64. The van der Waals surface area contributed by atoms with Gasteiger partial charge < -0.3 is 19.7 Å². The van der Waals surface area contributed by atoms with Crippen molar-refractivity contribution in [3.05, 3.63) is 88.2 Å². The van der Waals surface area contributed by atoms with Crippen LogP contribution >= 0.6 is 0 Å². The van der Waals surface area contributed by atoms with Gasteiger partial charge in [0.05, 0.1) is 18.9 Å². The van der Waals surface area contributed by atoms with E-state index in [1.165, 1.54) is 42.7 Å². The lowest BCUT2D eigenvalue weighted by Crippen LogP contribution is -2.46. The van der Waals surface area contributed by atoms with Crippen LogP contribution in [0.25, 0.3) is 5.82 Å². The number of ether oxygens (including phenoxy) is 2. The highest BCUT2D eigenvalue weighted by atomic mass is 19.1. The second kappa shape index (κ2) is 11.4. The highest BCUT2D eigenvalue weighted by Gasteiger charge is 2.27. The number of nitrogens with two attached hydrogens (primary N) is 2. The molecular formula is C25H27FN9O4+. The number of nitrogens with one attached hydrogen (secondary N) is 2. The van der Waals surface area contributed by atoms with Crippen molar-refractivity contribution >= 4 is 17.4 Å². The van der Waals surface area contributed by atoms with Gasteiger partial charge in [-0.2, -0.15) is 4.68 Å². The first-order chi connectivity index (χ1) is 18.7. The van der Waals surface area contributed by atoms with Crippen LogP contribution in [0.1, 0.15) is 23.0 Å². The first-order valence-corrected chi connectivity index (χ1v) is 11.6. The number of anilines is 1. The van der Waals surface area contributed by atoms with Crippen LogP contribution in [0.3, 0.4) is 0 Å². The number of nitrogens with zero attached hydrogens (tertiary/aromatic N) is 5.